The molecule has 0 bridgehead atoms. The molecule has 6 aliphatic carbocycles. The van der Waals surface area contributed by atoms with Crippen molar-refractivity contribution in [3.05, 3.63) is 99.9 Å². The van der Waals surface area contributed by atoms with Gasteiger partial charge in [-0.1, -0.05) is 91.0 Å². The van der Waals surface area contributed by atoms with Crippen molar-refractivity contribution in [3.63, 3.8) is 0 Å². The van der Waals surface area contributed by atoms with Crippen LogP contribution in [0.1, 0.15) is 230 Å². The smallest absolute Gasteiger partial charge is 0.411 e. The van der Waals surface area contributed by atoms with E-state index in [-0.39, 0.29) is 156 Å². The largest absolute Gasteiger partial charge is 0.508 e. The highest BCUT2D eigenvalue weighted by Crippen LogP contribution is 2.60. The molecular weight excluding hydrogens is 1850 g/mol. The van der Waals surface area contributed by atoms with E-state index in [1.165, 1.54) is 5.56 Å². The van der Waals surface area contributed by atoms with Gasteiger partial charge < -0.3 is 121 Å². The van der Waals surface area contributed by atoms with Gasteiger partial charge in [-0.25, -0.2) is 9.59 Å². The molecule has 2 saturated carbocycles. The minimum Gasteiger partial charge on any atom is -0.508 e. The maximum Gasteiger partial charge on any atom is 0.411 e. The molecule has 9 rings (SSSR count). The molecule has 12 amide bonds. The van der Waals surface area contributed by atoms with Crippen LogP contribution >= 0.6 is 0 Å². The molecule has 0 radical (unpaired) electrons. The number of carbonyl (C=O) groups is 11. The molecule has 144 heavy (non-hydrogen) atoms. The number of primary amides is 2. The van der Waals surface area contributed by atoms with Crippen molar-refractivity contribution in [2.45, 2.75) is 263 Å². The summed E-state index contributed by atoms with van der Waals surface area (Å²) in [5.41, 5.74) is 19.8. The van der Waals surface area contributed by atoms with Gasteiger partial charge in [-0.2, -0.15) is 0 Å². The van der Waals surface area contributed by atoms with Crippen LogP contribution in [0.2, 0.25) is 0 Å². The Balaban J connectivity index is 0.698. The lowest BCUT2D eigenvalue weighted by Crippen LogP contribution is -2.60. The quantitative estimate of drug-likeness (QED) is 0.00632. The number of hydrogen-bond acceptors (Lipinski definition) is 26. The summed E-state index contributed by atoms with van der Waals surface area (Å²) in [7, 11) is 6.20. The van der Waals surface area contributed by atoms with Gasteiger partial charge in [-0.15, -0.1) is 5.92 Å². The van der Waals surface area contributed by atoms with E-state index >= 15 is 0 Å². The first-order valence-corrected chi connectivity index (χ1v) is 52.1. The van der Waals surface area contributed by atoms with Gasteiger partial charge in [-0.05, 0) is 221 Å². The minimum atomic E-state index is -1.05. The zero-order valence-corrected chi connectivity index (χ0v) is 86.7. The predicted molar refractivity (Wildman–Crippen MR) is 543 cm³/mol. The van der Waals surface area contributed by atoms with E-state index in [1.807, 2.05) is 44.2 Å². The lowest BCUT2D eigenvalue weighted by Gasteiger charge is -2.56. The van der Waals surface area contributed by atoms with E-state index in [0.717, 1.165) is 111 Å². The number of nitrogens with zero attached hydrogens (tertiary/aromatic N) is 2. The summed E-state index contributed by atoms with van der Waals surface area (Å²) in [5.74, 6) is 9.11. The van der Waals surface area contributed by atoms with E-state index in [9.17, 15) is 57.8 Å². The molecular formula is C106H166N15O23+. The van der Waals surface area contributed by atoms with Gasteiger partial charge >= 0.3 is 12.1 Å². The predicted octanol–water partition coefficient (Wildman–Crippen LogP) is 8.19. The van der Waals surface area contributed by atoms with Crippen molar-refractivity contribution < 1.29 is 114 Å². The second kappa shape index (κ2) is 60.8. The number of quaternary nitrogens is 1. The molecule has 2 fully saturated rings. The number of carbonyl (C=O) groups excluding carboxylic acids is 11. The van der Waals surface area contributed by atoms with Crippen LogP contribution in [0, 0.1) is 40.4 Å². The third kappa shape index (κ3) is 38.3. The van der Waals surface area contributed by atoms with Crippen molar-refractivity contribution in [2.24, 2.45) is 45.9 Å². The number of likely N-dealkylation sites (N-methyl/N-ethyl adjacent to an activating group) is 1. The summed E-state index contributed by atoms with van der Waals surface area (Å²) in [4.78, 5) is 149. The number of benzene rings is 3. The summed E-state index contributed by atoms with van der Waals surface area (Å²) < 4.78 is 63.7. The highest BCUT2D eigenvalue weighted by Gasteiger charge is 2.59. The van der Waals surface area contributed by atoms with Crippen LogP contribution in [0.4, 0.5) is 21.0 Å². The average Bonchev–Trinajstić information content (AvgIpc) is 0.721. The molecule has 0 saturated heterocycles. The Kier molecular flexibility index (Phi) is 49.6. The number of aryl methyl sites for hydroxylation is 2. The number of allylic oxidation sites excluding steroid dienone is 1. The molecule has 0 heterocycles. The molecule has 802 valence electrons. The molecule has 0 aromatic heterocycles. The molecule has 3 aromatic rings. The lowest BCUT2D eigenvalue weighted by molar-refractivity contribution is -0.869. The molecule has 17 N–H and O–H groups in total. The van der Waals surface area contributed by atoms with Gasteiger partial charge in [0.05, 0.1) is 156 Å². The van der Waals surface area contributed by atoms with Crippen LogP contribution in [0.5, 0.6) is 5.75 Å². The van der Waals surface area contributed by atoms with E-state index in [2.05, 4.69) is 100 Å². The van der Waals surface area contributed by atoms with Gasteiger partial charge in [0.15, 0.2) is 0 Å². The maximum atomic E-state index is 14.9. The Hall–Kier alpha value is -10.1. The maximum absolute atomic E-state index is 14.9. The third-order valence-corrected chi connectivity index (χ3v) is 28.9. The number of aromatic hydroxyl groups is 1. The first kappa shape index (κ1) is 117. The highest BCUT2D eigenvalue weighted by atomic mass is 16.6. The molecule has 11 atom stereocenters. The number of urea groups is 1. The van der Waals surface area contributed by atoms with Crippen LogP contribution in [0.15, 0.2) is 72.1 Å². The fraction of sp³-hybridized carbons (Fsp3) is 0.689. The standard InChI is InChI=1S/C106H165N15O23/c1-74(2)95(97(107)128)117-98(129)86(116-92(125)42-54-135-58-62-139-66-68-141-64-60-137-56-50-113-93(126)72-142-82-21-13-11-10-12-14-22-82)23-15-17-47-111-94(127)73-143-87-38-35-80(34-37-85(96(87)119-109)110-49-55-136-59-63-140-67-65-138-61-57-134-53-41-90(123)112-48-52-121(7,8)9)120(101(108)132)51-18-16-24-91(124)114-78-31-25-75(26-32-78)71-144-102(133)115-79-33-27-76-29-39-88-103(3,83(76)69-79)43-19-45-105(88,5)99(130)118-100(131)106(6)46-20-44-104(4)84-70-81(122)36-28-77(84)30-40-89(104)106/h25-28,31-33,36,69-70,74,80,82,86-89,95,110,119H,10-13,15-21,23-24,29-30,34-35,37-68,71-73,109H2,1-9H3,(H12-,107,108,111,112,113,114,115,116,117,118,122,123,124,125,126,127,128,129,130,131,132,133)/p+1/b96-85-/t80?,82?,86-,87?,88?,89-,95+,103-,104-,105+,106+/m1/s1. The number of phenolic OH excluding ortho intramolecular Hbond substituents is 1. The number of anilines is 2. The zero-order valence-electron chi connectivity index (χ0n) is 86.7. The summed E-state index contributed by atoms with van der Waals surface area (Å²) >= 11 is 0. The fourth-order valence-electron chi connectivity index (χ4n) is 20.9. The first-order chi connectivity index (χ1) is 69.1. The number of ether oxygens (including phenoxy) is 11. The summed E-state index contributed by atoms with van der Waals surface area (Å²) in [5, 5.41) is 37.0. The van der Waals surface area contributed by atoms with Crippen molar-refractivity contribution in [3.8, 4) is 17.6 Å². The number of phenols is 1. The number of amides is 12. The number of imide groups is 1. The summed E-state index contributed by atoms with van der Waals surface area (Å²) in [6.07, 6.45) is 14.8. The molecule has 0 spiro atoms. The Bertz CT molecular complexity index is 4700. The second-order valence-electron chi connectivity index (χ2n) is 41.0. The van der Waals surface area contributed by atoms with Crippen LogP contribution in [0.3, 0.4) is 0 Å². The van der Waals surface area contributed by atoms with Crippen LogP contribution < -0.4 is 70.6 Å². The van der Waals surface area contributed by atoms with Gasteiger partial charge in [0.25, 0.3) is 0 Å². The molecule has 38 nitrogen and oxygen atoms in total. The molecule has 3 aromatic carbocycles. The van der Waals surface area contributed by atoms with Gasteiger partial charge in [0.1, 0.15) is 49.9 Å². The Labute approximate surface area is 850 Å². The lowest BCUT2D eigenvalue weighted by atomic mass is 9.49. The van der Waals surface area contributed by atoms with Crippen LogP contribution in [-0.2, 0) is 126 Å². The number of nitrogens with one attached hydrogen (secondary N) is 10. The Morgan fingerprint density at radius 3 is 1.67 bits per heavy atom. The normalized spacial score (nSPS) is 22.3. The number of hydrazine groups is 1. The third-order valence-electron chi connectivity index (χ3n) is 28.9. The summed E-state index contributed by atoms with van der Waals surface area (Å²) in [6, 6.07) is 15.4. The Morgan fingerprint density at radius 1 is 0.521 bits per heavy atom. The second-order valence-corrected chi connectivity index (χ2v) is 41.0. The van der Waals surface area contributed by atoms with Crippen LogP contribution in [-0.4, -0.2) is 289 Å². The van der Waals surface area contributed by atoms with E-state index in [1.54, 1.807) is 49.1 Å². The first-order valence-electron chi connectivity index (χ1n) is 52.1. The van der Waals surface area contributed by atoms with Crippen molar-refractivity contribution in [1.29, 1.82) is 0 Å². The minimum absolute atomic E-state index is 0.000257. The Morgan fingerprint density at radius 2 is 1.08 bits per heavy atom. The molecule has 4 unspecified atom stereocenters. The molecule has 0 aliphatic heterocycles. The summed E-state index contributed by atoms with van der Waals surface area (Å²) in [6.45, 7) is 18.6. The number of rotatable bonds is 63. The fourth-order valence-corrected chi connectivity index (χ4v) is 20.9. The van der Waals surface area contributed by atoms with E-state index < -0.39 is 76.2 Å². The van der Waals surface area contributed by atoms with Gasteiger partial charge in [-0.3, -0.25) is 59.6 Å². The number of hydrogen-bond donors (Lipinski definition) is 14. The average molecular weight is 2020 g/mol. The number of nitrogens with two attached hydrogens (primary N) is 3. The van der Waals surface area contributed by atoms with E-state index in [4.69, 9.17) is 69.4 Å². The van der Waals surface area contributed by atoms with Gasteiger partial charge in [0, 0.05) is 75.0 Å². The van der Waals surface area contributed by atoms with E-state index in [0.29, 0.717) is 185 Å². The molecule has 38 heteroatoms. The number of unbranched alkanes of at least 4 members (excludes halogenated alkanes) is 2. The monoisotopic (exact) mass is 2020 g/mol. The van der Waals surface area contributed by atoms with Gasteiger partial charge in [0.2, 0.25) is 53.2 Å². The molecule has 6 aliphatic rings. The number of fused-ring (bicyclic) bond motifs is 6. The van der Waals surface area contributed by atoms with Crippen LogP contribution in [0.25, 0.3) is 0 Å². The SMILES string of the molecule is CC(C)[C@H](NC(=O)[C@@H](CCCCNC(=O)COC1CCC(N(CCCCC(=O)Nc2ccc(COC(=O)Nc3ccc4c(c3)[C@@]3(C)CCC[C@](C)(C(=O)NC(=O)[C@@]5(C)CCC[C@]6(C)c7cc(O)ccc7CC[C@@H]56)C3CC4)cc2)C(N)=O)CC/C(NCCOCCOCCOCCOCCC(=O)NCC[N+](C)(C)C)=C\1NN)NC(=O)CCOCCOCCOCCOCCNC(=O)COC1C#CCCCCC1)C(N)=O. The highest BCUT2D eigenvalue weighted by molar-refractivity contribution is 6.01. The van der Waals surface area contributed by atoms with Crippen molar-refractivity contribution in [2.75, 3.05) is 190 Å². The topological polar surface area (TPSA) is 511 Å². The zero-order chi connectivity index (χ0) is 104. The van der Waals surface area contributed by atoms with Crippen molar-refractivity contribution in [1.82, 2.24) is 47.5 Å². The van der Waals surface area contributed by atoms with Crippen molar-refractivity contribution >= 4 is 76.7 Å².